The molecule has 23 heavy (non-hydrogen) atoms. The molecule has 0 unspecified atom stereocenters. The number of nitrogens with one attached hydrogen (secondary N) is 2. The maximum atomic E-state index is 12.0. The summed E-state index contributed by atoms with van der Waals surface area (Å²) in [4.78, 5) is 20.2. The molecule has 1 aromatic rings. The van der Waals surface area contributed by atoms with Crippen LogP contribution in [0.3, 0.4) is 0 Å². The van der Waals surface area contributed by atoms with Gasteiger partial charge >= 0.3 is 6.03 Å². The summed E-state index contributed by atoms with van der Waals surface area (Å²) in [5.41, 5.74) is 1.09. The van der Waals surface area contributed by atoms with Gasteiger partial charge in [0.05, 0.1) is 10.7 Å². The van der Waals surface area contributed by atoms with Crippen LogP contribution in [-0.2, 0) is 6.42 Å². The number of urea groups is 1. The summed E-state index contributed by atoms with van der Waals surface area (Å²) in [5, 5.41) is 7.18. The van der Waals surface area contributed by atoms with Crippen molar-refractivity contribution in [1.29, 1.82) is 0 Å². The summed E-state index contributed by atoms with van der Waals surface area (Å²) < 4.78 is 0. The first kappa shape index (κ1) is 18.2. The van der Waals surface area contributed by atoms with Gasteiger partial charge in [-0.1, -0.05) is 13.8 Å². The topological polar surface area (TPSA) is 57.3 Å². The molecule has 5 nitrogen and oxygen atoms in total. The molecule has 2 heterocycles. The number of piperidine rings is 1. The number of thiazole rings is 1. The minimum absolute atomic E-state index is 0.0359. The predicted octanol–water partition coefficient (Wildman–Crippen LogP) is 2.72. The van der Waals surface area contributed by atoms with E-state index >= 15 is 0 Å². The molecule has 1 aliphatic rings. The Balaban J connectivity index is 1.63. The Morgan fingerprint density at radius 3 is 2.61 bits per heavy atom. The van der Waals surface area contributed by atoms with E-state index in [1.54, 1.807) is 11.3 Å². The van der Waals surface area contributed by atoms with Gasteiger partial charge < -0.3 is 15.5 Å². The summed E-state index contributed by atoms with van der Waals surface area (Å²) in [7, 11) is 0. The molecule has 6 heteroatoms. The molecular formula is C17H30N4OS. The second-order valence-electron chi connectivity index (χ2n) is 6.86. The number of carbonyl (C=O) groups is 1. The molecule has 0 aromatic carbocycles. The van der Waals surface area contributed by atoms with Gasteiger partial charge in [0.25, 0.3) is 0 Å². The third kappa shape index (κ3) is 6.11. The van der Waals surface area contributed by atoms with E-state index in [0.717, 1.165) is 49.6 Å². The van der Waals surface area contributed by atoms with Crippen LogP contribution in [0, 0.1) is 19.8 Å². The smallest absolute Gasteiger partial charge is 0.315 e. The van der Waals surface area contributed by atoms with Crippen molar-refractivity contribution in [1.82, 2.24) is 20.5 Å². The standard InChI is InChI=1S/C17H30N4OS/c1-12(2)11-21-9-6-15(7-10-21)20-17(22)18-8-5-16-13(3)19-14(4)23-16/h12,15H,5-11H2,1-4H3,(H2,18,20,22). The van der Waals surface area contributed by atoms with Crippen LogP contribution in [0.2, 0.25) is 0 Å². The van der Waals surface area contributed by atoms with E-state index in [4.69, 9.17) is 0 Å². The van der Waals surface area contributed by atoms with E-state index in [-0.39, 0.29) is 6.03 Å². The monoisotopic (exact) mass is 338 g/mol. The third-order valence-electron chi connectivity index (χ3n) is 4.18. The van der Waals surface area contributed by atoms with E-state index in [1.807, 2.05) is 13.8 Å². The van der Waals surface area contributed by atoms with E-state index in [2.05, 4.69) is 34.4 Å². The van der Waals surface area contributed by atoms with E-state index in [0.29, 0.717) is 18.5 Å². The Labute approximate surface area is 143 Å². The van der Waals surface area contributed by atoms with Crippen molar-refractivity contribution in [3.63, 3.8) is 0 Å². The summed E-state index contributed by atoms with van der Waals surface area (Å²) in [6, 6.07) is 0.275. The molecule has 0 spiro atoms. The molecule has 1 aromatic heterocycles. The lowest BCUT2D eigenvalue weighted by Gasteiger charge is -2.33. The van der Waals surface area contributed by atoms with Crippen molar-refractivity contribution in [3.8, 4) is 0 Å². The van der Waals surface area contributed by atoms with E-state index in [1.165, 1.54) is 4.88 Å². The highest BCUT2D eigenvalue weighted by molar-refractivity contribution is 7.11. The molecule has 1 fully saturated rings. The van der Waals surface area contributed by atoms with Crippen molar-refractivity contribution in [2.45, 2.75) is 53.0 Å². The van der Waals surface area contributed by atoms with Gasteiger partial charge in [0.2, 0.25) is 0 Å². The fourth-order valence-electron chi connectivity index (χ4n) is 3.11. The van der Waals surface area contributed by atoms with Crippen LogP contribution in [0.15, 0.2) is 0 Å². The molecule has 130 valence electrons. The zero-order valence-electron chi connectivity index (χ0n) is 14.8. The quantitative estimate of drug-likeness (QED) is 0.838. The molecule has 2 amide bonds. The number of aryl methyl sites for hydroxylation is 2. The lowest BCUT2D eigenvalue weighted by atomic mass is 10.0. The van der Waals surface area contributed by atoms with Crippen LogP contribution in [0.25, 0.3) is 0 Å². The van der Waals surface area contributed by atoms with Crippen molar-refractivity contribution in [2.75, 3.05) is 26.2 Å². The highest BCUT2D eigenvalue weighted by Gasteiger charge is 2.20. The van der Waals surface area contributed by atoms with Crippen molar-refractivity contribution in [2.24, 2.45) is 5.92 Å². The second kappa shape index (κ2) is 8.64. The van der Waals surface area contributed by atoms with Gasteiger partial charge in [-0.05, 0) is 32.6 Å². The average Bonchev–Trinajstić information content (AvgIpc) is 2.79. The average molecular weight is 339 g/mol. The molecule has 0 saturated carbocycles. The normalized spacial score (nSPS) is 16.7. The summed E-state index contributed by atoms with van der Waals surface area (Å²) in [5.74, 6) is 0.710. The number of hydrogen-bond acceptors (Lipinski definition) is 4. The number of carbonyl (C=O) groups excluding carboxylic acids is 1. The van der Waals surface area contributed by atoms with E-state index < -0.39 is 0 Å². The van der Waals surface area contributed by atoms with Gasteiger partial charge in [0, 0.05) is 43.5 Å². The zero-order valence-corrected chi connectivity index (χ0v) is 15.6. The Hall–Kier alpha value is -1.14. The van der Waals surface area contributed by atoms with Gasteiger partial charge in [-0.2, -0.15) is 0 Å². The molecule has 0 atom stereocenters. The number of amides is 2. The molecule has 1 saturated heterocycles. The first-order valence-corrected chi connectivity index (χ1v) is 9.45. The highest BCUT2D eigenvalue weighted by atomic mass is 32.1. The van der Waals surface area contributed by atoms with Crippen LogP contribution in [0.4, 0.5) is 4.79 Å². The number of aromatic nitrogens is 1. The van der Waals surface area contributed by atoms with Crippen LogP contribution in [0.5, 0.6) is 0 Å². The Kier molecular flexibility index (Phi) is 6.84. The third-order valence-corrected chi connectivity index (χ3v) is 5.32. The van der Waals surface area contributed by atoms with Crippen molar-refractivity contribution in [3.05, 3.63) is 15.6 Å². The fourth-order valence-corrected chi connectivity index (χ4v) is 4.04. The Morgan fingerprint density at radius 1 is 1.35 bits per heavy atom. The molecule has 2 N–H and O–H groups in total. The predicted molar refractivity (Wildman–Crippen MR) is 96.1 cm³/mol. The van der Waals surface area contributed by atoms with Crippen LogP contribution < -0.4 is 10.6 Å². The van der Waals surface area contributed by atoms with Crippen LogP contribution in [0.1, 0.15) is 42.3 Å². The number of rotatable bonds is 6. The summed E-state index contributed by atoms with van der Waals surface area (Å²) in [6.45, 7) is 12.6. The van der Waals surface area contributed by atoms with Gasteiger partial charge in [0.15, 0.2) is 0 Å². The van der Waals surface area contributed by atoms with Gasteiger partial charge in [-0.15, -0.1) is 11.3 Å². The van der Waals surface area contributed by atoms with Crippen LogP contribution >= 0.6 is 11.3 Å². The lowest BCUT2D eigenvalue weighted by Crippen LogP contribution is -2.48. The van der Waals surface area contributed by atoms with E-state index in [9.17, 15) is 4.79 Å². The van der Waals surface area contributed by atoms with Crippen molar-refractivity contribution >= 4 is 17.4 Å². The number of hydrogen-bond donors (Lipinski definition) is 2. The molecule has 1 aliphatic heterocycles. The number of likely N-dealkylation sites (tertiary alicyclic amines) is 1. The molecule has 0 radical (unpaired) electrons. The highest BCUT2D eigenvalue weighted by Crippen LogP contribution is 2.17. The maximum absolute atomic E-state index is 12.0. The molecular weight excluding hydrogens is 308 g/mol. The minimum atomic E-state index is -0.0359. The molecule has 0 aliphatic carbocycles. The Morgan fingerprint density at radius 2 is 2.04 bits per heavy atom. The number of nitrogens with zero attached hydrogens (tertiary/aromatic N) is 2. The largest absolute Gasteiger partial charge is 0.338 e. The minimum Gasteiger partial charge on any atom is -0.338 e. The van der Waals surface area contributed by atoms with Gasteiger partial charge in [-0.25, -0.2) is 9.78 Å². The van der Waals surface area contributed by atoms with Crippen molar-refractivity contribution < 1.29 is 4.79 Å². The van der Waals surface area contributed by atoms with Crippen LogP contribution in [-0.4, -0.2) is 48.1 Å². The first-order chi connectivity index (χ1) is 10.9. The molecule has 0 bridgehead atoms. The fraction of sp³-hybridized carbons (Fsp3) is 0.765. The second-order valence-corrected chi connectivity index (χ2v) is 8.15. The van der Waals surface area contributed by atoms with Gasteiger partial charge in [-0.3, -0.25) is 0 Å². The first-order valence-electron chi connectivity index (χ1n) is 8.63. The summed E-state index contributed by atoms with van der Waals surface area (Å²) in [6.07, 6.45) is 2.96. The summed E-state index contributed by atoms with van der Waals surface area (Å²) >= 11 is 1.72. The Bertz CT molecular complexity index is 507. The maximum Gasteiger partial charge on any atom is 0.315 e. The zero-order chi connectivity index (χ0) is 16.8. The lowest BCUT2D eigenvalue weighted by molar-refractivity contribution is 0.178. The molecule has 2 rings (SSSR count). The van der Waals surface area contributed by atoms with Gasteiger partial charge in [0.1, 0.15) is 0 Å². The SMILES string of the molecule is Cc1nc(C)c(CCNC(=O)NC2CCN(CC(C)C)CC2)s1.